The molecule has 0 amide bonds. The van der Waals surface area contributed by atoms with Crippen molar-refractivity contribution >= 4 is 9.84 Å². The molecule has 178 valence electrons. The van der Waals surface area contributed by atoms with Crippen molar-refractivity contribution in [2.45, 2.75) is 37.7 Å². The van der Waals surface area contributed by atoms with E-state index in [1.807, 2.05) is 6.92 Å². The summed E-state index contributed by atoms with van der Waals surface area (Å²) in [5, 5.41) is 11.4. The molecule has 0 saturated heterocycles. The summed E-state index contributed by atoms with van der Waals surface area (Å²) in [5.41, 5.74) is 0.672. The second kappa shape index (κ2) is 9.01. The van der Waals surface area contributed by atoms with Crippen LogP contribution in [0.5, 0.6) is 0 Å². The third-order valence-electron chi connectivity index (χ3n) is 5.64. The van der Waals surface area contributed by atoms with Gasteiger partial charge in [-0.25, -0.2) is 27.2 Å². The standard InChI is InChI=1S/C22H23F2N7O2S/c1-13-10-25-21(26-11-13)14(2)15(3)34(32,33)12-19-27-28-22(18-8-9-30(4)29-18)31(19)20-16(23)6-5-7-17(20)24/h5-11,14-15H,12H2,1-4H3/t14-,15-/m0/s1. The van der Waals surface area contributed by atoms with Crippen LogP contribution in [0.4, 0.5) is 8.78 Å². The second-order valence-electron chi connectivity index (χ2n) is 8.14. The predicted octanol–water partition coefficient (Wildman–Crippen LogP) is 3.15. The molecule has 3 heterocycles. The van der Waals surface area contributed by atoms with Crippen molar-refractivity contribution in [1.29, 1.82) is 0 Å². The van der Waals surface area contributed by atoms with Crippen LogP contribution in [0.3, 0.4) is 0 Å². The largest absolute Gasteiger partial charge is 0.275 e. The van der Waals surface area contributed by atoms with E-state index in [4.69, 9.17) is 0 Å². The lowest BCUT2D eigenvalue weighted by atomic mass is 10.1. The summed E-state index contributed by atoms with van der Waals surface area (Å²) < 4.78 is 58.8. The van der Waals surface area contributed by atoms with Crippen molar-refractivity contribution in [2.24, 2.45) is 7.05 Å². The average molecular weight is 488 g/mol. The molecule has 0 radical (unpaired) electrons. The molecule has 3 aromatic heterocycles. The molecule has 4 rings (SSSR count). The molecule has 2 atom stereocenters. The Morgan fingerprint density at radius 2 is 1.68 bits per heavy atom. The SMILES string of the molecule is Cc1cnc([C@@H](C)[C@H](C)S(=O)(=O)Cc2nnc(-c3ccn(C)n3)n2-c2c(F)cccc2F)nc1. The molecule has 0 spiro atoms. The number of hydrogen-bond donors (Lipinski definition) is 0. The summed E-state index contributed by atoms with van der Waals surface area (Å²) in [6, 6.07) is 4.98. The fraction of sp³-hybridized carbons (Fsp3) is 0.318. The lowest BCUT2D eigenvalue weighted by Gasteiger charge is -2.19. The molecular formula is C22H23F2N7O2S. The minimum atomic E-state index is -3.86. The van der Waals surface area contributed by atoms with E-state index in [1.165, 1.54) is 10.7 Å². The first-order chi connectivity index (χ1) is 16.1. The first-order valence-corrected chi connectivity index (χ1v) is 12.2. The van der Waals surface area contributed by atoms with E-state index in [1.54, 1.807) is 45.6 Å². The highest BCUT2D eigenvalue weighted by atomic mass is 32.2. The van der Waals surface area contributed by atoms with Gasteiger partial charge in [-0.15, -0.1) is 10.2 Å². The number of benzene rings is 1. The first kappa shape index (κ1) is 23.6. The third-order valence-corrected chi connectivity index (χ3v) is 7.84. The Labute approximate surface area is 195 Å². The second-order valence-corrected chi connectivity index (χ2v) is 10.5. The summed E-state index contributed by atoms with van der Waals surface area (Å²) in [5.74, 6) is -2.61. The van der Waals surface area contributed by atoms with Gasteiger partial charge >= 0.3 is 0 Å². The van der Waals surface area contributed by atoms with Crippen LogP contribution >= 0.6 is 0 Å². The van der Waals surface area contributed by atoms with Gasteiger partial charge in [0.1, 0.15) is 34.6 Å². The Balaban J connectivity index is 1.77. The first-order valence-electron chi connectivity index (χ1n) is 10.5. The number of aromatic nitrogens is 7. The van der Waals surface area contributed by atoms with E-state index in [-0.39, 0.29) is 17.3 Å². The van der Waals surface area contributed by atoms with Crippen molar-refractivity contribution in [1.82, 2.24) is 34.5 Å². The van der Waals surface area contributed by atoms with Gasteiger partial charge in [0.2, 0.25) is 0 Å². The number of para-hydroxylation sites is 1. The highest BCUT2D eigenvalue weighted by molar-refractivity contribution is 7.91. The molecule has 12 heteroatoms. The number of sulfone groups is 1. The van der Waals surface area contributed by atoms with Gasteiger partial charge in [0.25, 0.3) is 0 Å². The molecule has 4 aromatic rings. The minimum Gasteiger partial charge on any atom is -0.275 e. The monoisotopic (exact) mass is 487 g/mol. The maximum atomic E-state index is 14.8. The Hall–Kier alpha value is -3.54. The average Bonchev–Trinajstić information content (AvgIpc) is 3.39. The van der Waals surface area contributed by atoms with Gasteiger partial charge in [-0.3, -0.25) is 9.25 Å². The number of nitrogens with zero attached hydrogens (tertiary/aromatic N) is 7. The lowest BCUT2D eigenvalue weighted by molar-refractivity contribution is 0.555. The van der Waals surface area contributed by atoms with Gasteiger partial charge < -0.3 is 0 Å². The van der Waals surface area contributed by atoms with Crippen LogP contribution in [0, 0.1) is 18.6 Å². The fourth-order valence-electron chi connectivity index (χ4n) is 3.52. The summed E-state index contributed by atoms with van der Waals surface area (Å²) in [6.07, 6.45) is 4.87. The van der Waals surface area contributed by atoms with Crippen LogP contribution < -0.4 is 0 Å². The zero-order chi connectivity index (χ0) is 24.6. The molecule has 0 aliphatic heterocycles. The minimum absolute atomic E-state index is 0.0253. The topological polar surface area (TPSA) is 108 Å². The number of hydrogen-bond acceptors (Lipinski definition) is 7. The molecule has 34 heavy (non-hydrogen) atoms. The van der Waals surface area contributed by atoms with Crippen molar-refractivity contribution in [2.75, 3.05) is 0 Å². The van der Waals surface area contributed by atoms with E-state index in [2.05, 4.69) is 25.3 Å². The van der Waals surface area contributed by atoms with Crippen LogP contribution in [0.1, 0.15) is 37.0 Å². The van der Waals surface area contributed by atoms with E-state index in [9.17, 15) is 17.2 Å². The highest BCUT2D eigenvalue weighted by Gasteiger charge is 2.33. The smallest absolute Gasteiger partial charge is 0.189 e. The number of aryl methyl sites for hydroxylation is 2. The normalized spacial score (nSPS) is 13.7. The maximum Gasteiger partial charge on any atom is 0.189 e. The highest BCUT2D eigenvalue weighted by Crippen LogP contribution is 2.29. The van der Waals surface area contributed by atoms with E-state index >= 15 is 0 Å². The molecular weight excluding hydrogens is 464 g/mol. The van der Waals surface area contributed by atoms with Gasteiger partial charge in [-0.1, -0.05) is 13.0 Å². The Morgan fingerprint density at radius 1 is 1.03 bits per heavy atom. The maximum absolute atomic E-state index is 14.8. The van der Waals surface area contributed by atoms with Crippen molar-refractivity contribution in [3.05, 3.63) is 71.7 Å². The summed E-state index contributed by atoms with van der Waals surface area (Å²) >= 11 is 0. The molecule has 0 bridgehead atoms. The van der Waals surface area contributed by atoms with Gasteiger partial charge in [-0.2, -0.15) is 5.10 Å². The van der Waals surface area contributed by atoms with Crippen LogP contribution in [-0.2, 0) is 22.6 Å². The zero-order valence-electron chi connectivity index (χ0n) is 19.0. The quantitative estimate of drug-likeness (QED) is 0.394. The molecule has 0 fully saturated rings. The van der Waals surface area contributed by atoms with Crippen molar-refractivity contribution in [3.8, 4) is 17.2 Å². The Kier molecular flexibility index (Phi) is 6.26. The van der Waals surface area contributed by atoms with Gasteiger partial charge in [0.15, 0.2) is 21.5 Å². The molecule has 0 aliphatic rings. The predicted molar refractivity (Wildman–Crippen MR) is 121 cm³/mol. The van der Waals surface area contributed by atoms with Crippen molar-refractivity contribution < 1.29 is 17.2 Å². The lowest BCUT2D eigenvalue weighted by Crippen LogP contribution is -2.27. The third kappa shape index (κ3) is 4.45. The van der Waals surface area contributed by atoms with Crippen LogP contribution in [0.15, 0.2) is 42.9 Å². The molecule has 0 unspecified atom stereocenters. The molecule has 0 N–H and O–H groups in total. The van der Waals surface area contributed by atoms with E-state index in [0.29, 0.717) is 5.82 Å². The number of rotatable bonds is 7. The van der Waals surface area contributed by atoms with Crippen LogP contribution in [0.2, 0.25) is 0 Å². The molecule has 0 saturated carbocycles. The van der Waals surface area contributed by atoms with Gasteiger partial charge in [0, 0.05) is 31.6 Å². The van der Waals surface area contributed by atoms with Crippen LogP contribution in [-0.4, -0.2) is 48.2 Å². The zero-order valence-corrected chi connectivity index (χ0v) is 19.8. The van der Waals surface area contributed by atoms with Crippen LogP contribution in [0.25, 0.3) is 17.2 Å². The van der Waals surface area contributed by atoms with E-state index < -0.39 is 44.1 Å². The Bertz CT molecular complexity index is 1410. The van der Waals surface area contributed by atoms with Gasteiger partial charge in [-0.05, 0) is 37.6 Å². The fourth-order valence-corrected chi connectivity index (χ4v) is 5.07. The summed E-state index contributed by atoms with van der Waals surface area (Å²) in [4.78, 5) is 8.47. The van der Waals surface area contributed by atoms with E-state index in [0.717, 1.165) is 22.3 Å². The molecule has 0 aliphatic carbocycles. The number of halogens is 2. The Morgan fingerprint density at radius 3 is 2.26 bits per heavy atom. The molecule has 9 nitrogen and oxygen atoms in total. The summed E-state index contributed by atoms with van der Waals surface area (Å²) in [6.45, 7) is 5.10. The summed E-state index contributed by atoms with van der Waals surface area (Å²) in [7, 11) is -2.19. The van der Waals surface area contributed by atoms with Gasteiger partial charge in [0.05, 0.1) is 5.25 Å². The van der Waals surface area contributed by atoms with Crippen molar-refractivity contribution in [3.63, 3.8) is 0 Å². The molecule has 1 aromatic carbocycles.